The number of hydrogen-bond donors (Lipinski definition) is 4. The van der Waals surface area contributed by atoms with Gasteiger partial charge < -0.3 is 25.6 Å². The Morgan fingerprint density at radius 3 is 2.27 bits per heavy atom. The molecule has 10 heteroatoms. The molecule has 182 valence electrons. The smallest absolute Gasteiger partial charge is 0.276 e. The molecule has 0 heterocycles. The van der Waals surface area contributed by atoms with Crippen molar-refractivity contribution in [3.63, 3.8) is 0 Å². The van der Waals surface area contributed by atoms with Crippen molar-refractivity contribution in [2.45, 2.75) is 39.3 Å². The Bertz CT molecular complexity index is 869. The van der Waals surface area contributed by atoms with Crippen LogP contribution in [0.15, 0.2) is 24.3 Å². The fourth-order valence-electron chi connectivity index (χ4n) is 2.95. The molecule has 0 aliphatic heterocycles. The fourth-order valence-corrected chi connectivity index (χ4v) is 2.95. The Kier molecular flexibility index (Phi) is 10.8. The van der Waals surface area contributed by atoms with E-state index in [1.165, 1.54) is 7.05 Å². The number of nitrogens with two attached hydrogens (primary N) is 1. The van der Waals surface area contributed by atoms with Crippen LogP contribution >= 0.6 is 0 Å². The molecule has 1 unspecified atom stereocenters. The van der Waals surface area contributed by atoms with Crippen molar-refractivity contribution in [2.24, 2.45) is 17.1 Å². The number of likely N-dealkylation sites (N-methyl/N-ethyl adjacent to an activating group) is 1. The minimum atomic E-state index is -1.98. The van der Waals surface area contributed by atoms with Gasteiger partial charge in [0, 0.05) is 26.1 Å². The summed E-state index contributed by atoms with van der Waals surface area (Å²) in [5, 5.41) is 23.3. The number of amides is 3. The van der Waals surface area contributed by atoms with Crippen molar-refractivity contribution < 1.29 is 34.2 Å². The zero-order valence-electron chi connectivity index (χ0n) is 19.6. The minimum Gasteiger partial charge on any atom is -0.491 e. The van der Waals surface area contributed by atoms with E-state index < -0.39 is 41.2 Å². The minimum absolute atomic E-state index is 0.148. The van der Waals surface area contributed by atoms with E-state index in [1.54, 1.807) is 52.1 Å². The van der Waals surface area contributed by atoms with Crippen molar-refractivity contribution in [3.8, 4) is 17.6 Å². The number of nitrogens with zero attached hydrogens (tertiary/aromatic N) is 1. The molecule has 33 heavy (non-hydrogen) atoms. The van der Waals surface area contributed by atoms with E-state index >= 15 is 0 Å². The van der Waals surface area contributed by atoms with Gasteiger partial charge in [0.25, 0.3) is 5.91 Å². The lowest BCUT2D eigenvalue weighted by atomic mass is 9.85. The molecule has 5 N–H and O–H groups in total. The first-order valence-electron chi connectivity index (χ1n) is 10.4. The van der Waals surface area contributed by atoms with Gasteiger partial charge in [-0.3, -0.25) is 19.6 Å². The fraction of sp³-hybridized carbons (Fsp3) is 0.522. The molecule has 3 atom stereocenters. The highest BCUT2D eigenvalue weighted by atomic mass is 16.5. The second kappa shape index (κ2) is 12.8. The highest BCUT2D eigenvalue weighted by Crippen LogP contribution is 2.25. The average Bonchev–Trinajstić information content (AvgIpc) is 2.75. The molecule has 3 amide bonds. The summed E-state index contributed by atoms with van der Waals surface area (Å²) in [5.74, 6) is 1.98. The van der Waals surface area contributed by atoms with Gasteiger partial charge in [0.2, 0.25) is 11.8 Å². The largest absolute Gasteiger partial charge is 0.491 e. The molecule has 1 aromatic carbocycles. The number of nitrogens with one attached hydrogen (secondary N) is 1. The monoisotopic (exact) mass is 463 g/mol. The normalized spacial score (nSPS) is 13.7. The number of hydrogen-bond acceptors (Lipinski definition) is 7. The quantitative estimate of drug-likeness (QED) is 0.168. The number of methoxy groups -OCH3 is 1. The molecule has 0 aliphatic rings. The molecule has 0 aliphatic carbocycles. The first kappa shape index (κ1) is 27.9. The molecule has 0 saturated carbocycles. The summed E-state index contributed by atoms with van der Waals surface area (Å²) >= 11 is 0. The number of aliphatic hydroxyl groups is 1. The van der Waals surface area contributed by atoms with Crippen molar-refractivity contribution in [3.05, 3.63) is 29.8 Å². The molecule has 1 aromatic rings. The molecule has 10 nitrogen and oxygen atoms in total. The maximum Gasteiger partial charge on any atom is 0.276 e. The van der Waals surface area contributed by atoms with Gasteiger partial charge in [-0.1, -0.05) is 32.6 Å². The van der Waals surface area contributed by atoms with Crippen molar-refractivity contribution in [2.75, 3.05) is 27.4 Å². The molecule has 0 radical (unpaired) electrons. The van der Waals surface area contributed by atoms with E-state index in [2.05, 4.69) is 17.2 Å². The lowest BCUT2D eigenvalue weighted by Gasteiger charge is -2.35. The standard InChI is InChI=1S/C23H33N3O7/c1-23(2,3)19(21(29)25-4)26(31)22(30)18(27)17(20(24)28)8-6-7-15-9-11-16(12-10-15)33-14-13-32-5/h9-12,17-19,27,31H,8,13-14H2,1-5H3,(H2,24,28)(H,25,29)/t17?,18-,19+/m0/s1. The first-order valence-corrected chi connectivity index (χ1v) is 10.4. The van der Waals surface area contributed by atoms with Gasteiger partial charge in [0.1, 0.15) is 24.5 Å². The van der Waals surface area contributed by atoms with Gasteiger partial charge >= 0.3 is 0 Å². The predicted octanol–water partition coefficient (Wildman–Crippen LogP) is 0.294. The van der Waals surface area contributed by atoms with Crippen LogP contribution in [0.4, 0.5) is 0 Å². The van der Waals surface area contributed by atoms with Crippen molar-refractivity contribution in [1.82, 2.24) is 10.4 Å². The Hall–Kier alpha value is -3.13. The summed E-state index contributed by atoms with van der Waals surface area (Å²) in [7, 11) is 2.94. The van der Waals surface area contributed by atoms with E-state index in [1.807, 2.05) is 0 Å². The van der Waals surface area contributed by atoms with Gasteiger partial charge in [-0.05, 0) is 29.7 Å². The van der Waals surface area contributed by atoms with Crippen molar-refractivity contribution in [1.29, 1.82) is 0 Å². The topological polar surface area (TPSA) is 151 Å². The summed E-state index contributed by atoms with van der Waals surface area (Å²) in [6.07, 6.45) is -2.21. The molecular weight excluding hydrogens is 430 g/mol. The highest BCUT2D eigenvalue weighted by molar-refractivity contribution is 5.92. The zero-order chi connectivity index (χ0) is 25.2. The van der Waals surface area contributed by atoms with E-state index in [0.29, 0.717) is 24.5 Å². The molecule has 1 rings (SSSR count). The SMILES string of the molecule is CNC(=O)[C@@H](N(O)C(=O)[C@@H](O)C(CC#Cc1ccc(OCCOC)cc1)C(N)=O)C(C)(C)C. The summed E-state index contributed by atoms with van der Waals surface area (Å²) in [4.78, 5) is 36.7. The van der Waals surface area contributed by atoms with Crippen molar-refractivity contribution >= 4 is 17.7 Å². The van der Waals surface area contributed by atoms with E-state index in [9.17, 15) is 24.7 Å². The number of carbonyl (C=O) groups excluding carboxylic acids is 3. The summed E-state index contributed by atoms with van der Waals surface area (Å²) in [6.45, 7) is 5.79. The number of primary amides is 1. The third-order valence-electron chi connectivity index (χ3n) is 4.75. The Labute approximate surface area is 194 Å². The van der Waals surface area contributed by atoms with Crippen LogP contribution in [0, 0.1) is 23.2 Å². The number of benzene rings is 1. The van der Waals surface area contributed by atoms with Crippen LogP contribution in [0.1, 0.15) is 32.8 Å². The summed E-state index contributed by atoms with van der Waals surface area (Å²) in [5.41, 5.74) is 5.12. The average molecular weight is 464 g/mol. The van der Waals surface area contributed by atoms with Gasteiger partial charge in [-0.25, -0.2) is 5.06 Å². The van der Waals surface area contributed by atoms with Crippen LogP contribution in [-0.4, -0.2) is 72.6 Å². The van der Waals surface area contributed by atoms with Crippen LogP contribution in [-0.2, 0) is 19.1 Å². The molecule has 0 aromatic heterocycles. The Morgan fingerprint density at radius 2 is 1.79 bits per heavy atom. The Balaban J connectivity index is 2.92. The van der Waals surface area contributed by atoms with E-state index in [4.69, 9.17) is 15.2 Å². The number of aliphatic hydroxyl groups excluding tert-OH is 1. The number of ether oxygens (including phenoxy) is 2. The molecular formula is C23H33N3O7. The van der Waals surface area contributed by atoms with E-state index in [-0.39, 0.29) is 11.5 Å². The van der Waals surface area contributed by atoms with Gasteiger partial charge in [-0.15, -0.1) is 0 Å². The van der Waals surface area contributed by atoms with Gasteiger partial charge in [-0.2, -0.15) is 0 Å². The predicted molar refractivity (Wildman–Crippen MR) is 120 cm³/mol. The van der Waals surface area contributed by atoms with Crippen LogP contribution in [0.5, 0.6) is 5.75 Å². The van der Waals surface area contributed by atoms with Crippen LogP contribution in [0.2, 0.25) is 0 Å². The molecule has 0 saturated heterocycles. The maximum atomic E-state index is 12.6. The first-order chi connectivity index (χ1) is 15.4. The zero-order valence-corrected chi connectivity index (χ0v) is 19.6. The lowest BCUT2D eigenvalue weighted by molar-refractivity contribution is -0.198. The van der Waals surface area contributed by atoms with E-state index in [0.717, 1.165) is 0 Å². The summed E-state index contributed by atoms with van der Waals surface area (Å²) in [6, 6.07) is 5.57. The third kappa shape index (κ3) is 8.38. The van der Waals surface area contributed by atoms with Crippen LogP contribution in [0.25, 0.3) is 0 Å². The molecule has 0 bridgehead atoms. The van der Waals surface area contributed by atoms with Crippen LogP contribution in [0.3, 0.4) is 0 Å². The highest BCUT2D eigenvalue weighted by Gasteiger charge is 2.42. The van der Waals surface area contributed by atoms with Crippen LogP contribution < -0.4 is 15.8 Å². The Morgan fingerprint density at radius 1 is 1.18 bits per heavy atom. The second-order valence-corrected chi connectivity index (χ2v) is 8.39. The molecule has 0 spiro atoms. The number of carbonyl (C=O) groups is 3. The lowest BCUT2D eigenvalue weighted by Crippen LogP contribution is -2.57. The third-order valence-corrected chi connectivity index (χ3v) is 4.75. The molecule has 0 fully saturated rings. The summed E-state index contributed by atoms with van der Waals surface area (Å²) < 4.78 is 10.4. The maximum absolute atomic E-state index is 12.6. The number of hydroxylamine groups is 2. The second-order valence-electron chi connectivity index (χ2n) is 8.39. The van der Waals surface area contributed by atoms with Gasteiger partial charge in [0.05, 0.1) is 12.5 Å². The number of rotatable bonds is 10. The van der Waals surface area contributed by atoms with Gasteiger partial charge in [0.15, 0.2) is 0 Å².